The van der Waals surface area contributed by atoms with E-state index in [1.807, 2.05) is 0 Å². The Labute approximate surface area is 125 Å². The molecular weight excluding hydrogens is 288 g/mol. The standard InChI is InChI=1S/C14H14N4O4/c1-9-15-13(22-16-9)12-3-2-8-17(12)14(19)10-4-6-11(7-5-10)18(20)21/h4-7,12H,2-3,8H2,1H3. The number of hydrogen-bond donors (Lipinski definition) is 0. The van der Waals surface area contributed by atoms with Gasteiger partial charge in [-0.1, -0.05) is 5.16 Å². The number of likely N-dealkylation sites (tertiary alicyclic amines) is 1. The SMILES string of the molecule is Cc1noc(C2CCCN2C(=O)c2ccc([N+](=O)[O-])cc2)n1. The van der Waals surface area contributed by atoms with Crippen LogP contribution in [0.2, 0.25) is 0 Å². The van der Waals surface area contributed by atoms with E-state index in [1.54, 1.807) is 11.8 Å². The molecule has 1 aliphatic heterocycles. The Kier molecular flexibility index (Phi) is 3.58. The molecule has 8 heteroatoms. The predicted molar refractivity (Wildman–Crippen MR) is 75.1 cm³/mol. The van der Waals surface area contributed by atoms with Crippen molar-refractivity contribution < 1.29 is 14.2 Å². The molecule has 0 spiro atoms. The summed E-state index contributed by atoms with van der Waals surface area (Å²) in [5.74, 6) is 0.781. The van der Waals surface area contributed by atoms with Crippen LogP contribution < -0.4 is 0 Å². The topological polar surface area (TPSA) is 102 Å². The first kappa shape index (κ1) is 14.2. The van der Waals surface area contributed by atoms with Crippen LogP contribution in [0.4, 0.5) is 5.69 Å². The Morgan fingerprint density at radius 3 is 2.73 bits per heavy atom. The first-order chi connectivity index (χ1) is 10.6. The quantitative estimate of drug-likeness (QED) is 0.636. The second kappa shape index (κ2) is 5.55. The van der Waals surface area contributed by atoms with E-state index in [2.05, 4.69) is 10.1 Å². The summed E-state index contributed by atoms with van der Waals surface area (Å²) < 4.78 is 5.17. The summed E-state index contributed by atoms with van der Waals surface area (Å²) in [6.45, 7) is 2.33. The van der Waals surface area contributed by atoms with E-state index in [9.17, 15) is 14.9 Å². The fraction of sp³-hybridized carbons (Fsp3) is 0.357. The van der Waals surface area contributed by atoms with Crippen LogP contribution in [0.3, 0.4) is 0 Å². The number of aryl methyl sites for hydroxylation is 1. The fourth-order valence-corrected chi connectivity index (χ4v) is 2.61. The summed E-state index contributed by atoms with van der Waals surface area (Å²) in [5, 5.41) is 14.4. The molecule has 3 rings (SSSR count). The van der Waals surface area contributed by atoms with Gasteiger partial charge in [0.15, 0.2) is 5.82 Å². The van der Waals surface area contributed by atoms with Crippen LogP contribution in [0.5, 0.6) is 0 Å². The maximum atomic E-state index is 12.6. The molecule has 0 radical (unpaired) electrons. The molecule has 0 saturated carbocycles. The van der Waals surface area contributed by atoms with Gasteiger partial charge in [-0.25, -0.2) is 0 Å². The van der Waals surface area contributed by atoms with E-state index < -0.39 is 4.92 Å². The normalized spacial score (nSPS) is 17.7. The van der Waals surface area contributed by atoms with Crippen molar-refractivity contribution >= 4 is 11.6 Å². The number of non-ortho nitro benzene ring substituents is 1. The first-order valence-corrected chi connectivity index (χ1v) is 6.92. The maximum Gasteiger partial charge on any atom is 0.269 e. The molecule has 1 amide bonds. The Hall–Kier alpha value is -2.77. The number of hydrogen-bond acceptors (Lipinski definition) is 6. The molecule has 8 nitrogen and oxygen atoms in total. The van der Waals surface area contributed by atoms with Crippen LogP contribution in [-0.4, -0.2) is 32.4 Å². The number of carbonyl (C=O) groups excluding carboxylic acids is 1. The van der Waals surface area contributed by atoms with Gasteiger partial charge < -0.3 is 9.42 Å². The first-order valence-electron chi connectivity index (χ1n) is 6.92. The van der Waals surface area contributed by atoms with E-state index in [4.69, 9.17) is 4.52 Å². The zero-order valence-electron chi connectivity index (χ0n) is 11.9. The summed E-state index contributed by atoms with van der Waals surface area (Å²) in [7, 11) is 0. The van der Waals surface area contributed by atoms with Gasteiger partial charge in [-0.3, -0.25) is 14.9 Å². The highest BCUT2D eigenvalue weighted by molar-refractivity contribution is 5.94. The molecule has 0 bridgehead atoms. The largest absolute Gasteiger partial charge is 0.337 e. The third kappa shape index (κ3) is 2.54. The second-order valence-electron chi connectivity index (χ2n) is 5.14. The minimum Gasteiger partial charge on any atom is -0.337 e. The minimum absolute atomic E-state index is 0.0398. The average Bonchev–Trinajstić information content (AvgIpc) is 3.15. The third-order valence-electron chi connectivity index (χ3n) is 3.67. The molecule has 1 fully saturated rings. The molecule has 1 atom stereocenters. The number of aromatic nitrogens is 2. The van der Waals surface area contributed by atoms with Gasteiger partial charge in [0, 0.05) is 24.2 Å². The monoisotopic (exact) mass is 302 g/mol. The van der Waals surface area contributed by atoms with E-state index in [0.717, 1.165) is 12.8 Å². The molecule has 1 aromatic carbocycles. The third-order valence-corrected chi connectivity index (χ3v) is 3.67. The lowest BCUT2D eigenvalue weighted by molar-refractivity contribution is -0.384. The lowest BCUT2D eigenvalue weighted by Crippen LogP contribution is -2.30. The maximum absolute atomic E-state index is 12.6. The van der Waals surface area contributed by atoms with E-state index in [-0.39, 0.29) is 17.6 Å². The van der Waals surface area contributed by atoms with Gasteiger partial charge in [0.05, 0.1) is 4.92 Å². The molecule has 0 aliphatic carbocycles. The number of rotatable bonds is 3. The molecule has 0 N–H and O–H groups in total. The highest BCUT2D eigenvalue weighted by atomic mass is 16.6. The molecule has 1 aliphatic rings. The van der Waals surface area contributed by atoms with Crippen molar-refractivity contribution in [3.8, 4) is 0 Å². The summed E-state index contributed by atoms with van der Waals surface area (Å²) in [5.41, 5.74) is 0.371. The molecule has 1 unspecified atom stereocenters. The molecule has 114 valence electrons. The number of amides is 1. The van der Waals surface area contributed by atoms with Crippen molar-refractivity contribution in [3.63, 3.8) is 0 Å². The molecule has 1 saturated heterocycles. The predicted octanol–water partition coefficient (Wildman–Crippen LogP) is 2.26. The number of nitro groups is 1. The number of carbonyl (C=O) groups is 1. The van der Waals surface area contributed by atoms with E-state index >= 15 is 0 Å². The zero-order chi connectivity index (χ0) is 15.7. The summed E-state index contributed by atoms with van der Waals surface area (Å²) in [6, 6.07) is 5.36. The second-order valence-corrected chi connectivity index (χ2v) is 5.14. The van der Waals surface area contributed by atoms with Gasteiger partial charge in [0.25, 0.3) is 11.6 Å². The van der Waals surface area contributed by atoms with Crippen molar-refractivity contribution in [3.05, 3.63) is 51.7 Å². The molecule has 2 heterocycles. The van der Waals surface area contributed by atoms with Crippen molar-refractivity contribution in [2.24, 2.45) is 0 Å². The van der Waals surface area contributed by atoms with Gasteiger partial charge >= 0.3 is 0 Å². The molecule has 22 heavy (non-hydrogen) atoms. The van der Waals surface area contributed by atoms with Gasteiger partial charge in [-0.05, 0) is 31.9 Å². The van der Waals surface area contributed by atoms with Crippen molar-refractivity contribution in [1.82, 2.24) is 15.0 Å². The van der Waals surface area contributed by atoms with Crippen LogP contribution in [0, 0.1) is 17.0 Å². The number of nitro benzene ring substituents is 1. The Bertz CT molecular complexity index is 710. The highest BCUT2D eigenvalue weighted by Crippen LogP contribution is 2.32. The summed E-state index contributed by atoms with van der Waals surface area (Å²) in [6.07, 6.45) is 1.62. The van der Waals surface area contributed by atoms with Crippen LogP contribution in [0.15, 0.2) is 28.8 Å². The molecule has 2 aromatic rings. The van der Waals surface area contributed by atoms with E-state index in [1.165, 1.54) is 24.3 Å². The Balaban J connectivity index is 1.82. The minimum atomic E-state index is -0.492. The number of nitrogens with zero attached hydrogens (tertiary/aromatic N) is 4. The van der Waals surface area contributed by atoms with Gasteiger partial charge in [0.2, 0.25) is 5.89 Å². The van der Waals surface area contributed by atoms with Crippen LogP contribution in [-0.2, 0) is 0 Å². The summed E-state index contributed by atoms with van der Waals surface area (Å²) >= 11 is 0. The highest BCUT2D eigenvalue weighted by Gasteiger charge is 2.34. The smallest absolute Gasteiger partial charge is 0.269 e. The van der Waals surface area contributed by atoms with Gasteiger partial charge in [-0.2, -0.15) is 4.98 Å². The lowest BCUT2D eigenvalue weighted by Gasteiger charge is -2.21. The van der Waals surface area contributed by atoms with E-state index in [0.29, 0.717) is 23.8 Å². The van der Waals surface area contributed by atoms with Crippen molar-refractivity contribution in [1.29, 1.82) is 0 Å². The number of benzene rings is 1. The van der Waals surface area contributed by atoms with Crippen LogP contribution in [0.25, 0.3) is 0 Å². The molecular formula is C14H14N4O4. The fourth-order valence-electron chi connectivity index (χ4n) is 2.61. The Morgan fingerprint density at radius 1 is 1.41 bits per heavy atom. The van der Waals surface area contributed by atoms with Gasteiger partial charge in [-0.15, -0.1) is 0 Å². The van der Waals surface area contributed by atoms with Crippen LogP contribution in [0.1, 0.15) is 41.0 Å². The summed E-state index contributed by atoms with van der Waals surface area (Å²) in [4.78, 5) is 28.6. The van der Waals surface area contributed by atoms with Crippen molar-refractivity contribution in [2.45, 2.75) is 25.8 Å². The van der Waals surface area contributed by atoms with Crippen LogP contribution >= 0.6 is 0 Å². The Morgan fingerprint density at radius 2 is 2.14 bits per heavy atom. The van der Waals surface area contributed by atoms with Crippen molar-refractivity contribution in [2.75, 3.05) is 6.54 Å². The lowest BCUT2D eigenvalue weighted by atomic mass is 10.1. The molecule has 1 aromatic heterocycles. The van der Waals surface area contributed by atoms with Gasteiger partial charge in [0.1, 0.15) is 6.04 Å². The average molecular weight is 302 g/mol. The zero-order valence-corrected chi connectivity index (χ0v) is 11.9.